The van der Waals surface area contributed by atoms with Gasteiger partial charge in [-0.3, -0.25) is 9.59 Å². The van der Waals surface area contributed by atoms with Gasteiger partial charge in [-0.25, -0.2) is 14.6 Å². The van der Waals surface area contributed by atoms with Gasteiger partial charge in [0, 0.05) is 5.39 Å². The monoisotopic (exact) mass is 612 g/mol. The van der Waals surface area contributed by atoms with Crippen molar-refractivity contribution in [3.63, 3.8) is 0 Å². The number of hydrogen-bond donors (Lipinski definition) is 0. The first-order valence-electron chi connectivity index (χ1n) is 13.4. The number of aryl methyl sites for hydroxylation is 1. The molecule has 0 atom stereocenters. The van der Waals surface area contributed by atoms with Crippen LogP contribution in [0.4, 0.5) is 16.2 Å². The molecular formula is C33H29BrN2O5. The van der Waals surface area contributed by atoms with Crippen LogP contribution in [-0.2, 0) is 9.59 Å². The van der Waals surface area contributed by atoms with Crippen LogP contribution >= 0.6 is 15.9 Å². The summed E-state index contributed by atoms with van der Waals surface area (Å²) in [5.74, 6) is -0.387. The van der Waals surface area contributed by atoms with Crippen molar-refractivity contribution < 1.29 is 23.9 Å². The highest BCUT2D eigenvalue weighted by Gasteiger charge is 2.44. The van der Waals surface area contributed by atoms with Crippen molar-refractivity contribution in [3.05, 3.63) is 100 Å². The molecule has 0 bridgehead atoms. The maximum Gasteiger partial charge on any atom is 0.343 e. The van der Waals surface area contributed by atoms with Crippen LogP contribution in [-0.4, -0.2) is 31.1 Å². The molecule has 0 N–H and O–H groups in total. The lowest BCUT2D eigenvalue weighted by Crippen LogP contribution is -2.57. The molecule has 0 unspecified atom stereocenters. The number of carbonyl (C=O) groups is 3. The number of rotatable bonds is 8. The number of amides is 4. The summed E-state index contributed by atoms with van der Waals surface area (Å²) < 4.78 is 12.3. The molecule has 5 rings (SSSR count). The summed E-state index contributed by atoms with van der Waals surface area (Å²) in [5.41, 5.74) is 2.12. The van der Waals surface area contributed by atoms with E-state index in [1.165, 1.54) is 6.08 Å². The molecule has 1 aliphatic rings. The van der Waals surface area contributed by atoms with Crippen molar-refractivity contribution in [2.75, 3.05) is 23.0 Å². The Bertz CT molecular complexity index is 1670. The predicted molar refractivity (Wildman–Crippen MR) is 165 cm³/mol. The molecule has 1 heterocycles. The zero-order chi connectivity index (χ0) is 29.1. The lowest BCUT2D eigenvalue weighted by molar-refractivity contribution is -0.121. The van der Waals surface area contributed by atoms with Crippen LogP contribution in [0, 0.1) is 6.92 Å². The number of halogens is 1. The van der Waals surface area contributed by atoms with Gasteiger partial charge in [0.2, 0.25) is 0 Å². The Morgan fingerprint density at radius 2 is 1.54 bits per heavy atom. The molecule has 41 heavy (non-hydrogen) atoms. The first-order chi connectivity index (χ1) is 19.8. The highest BCUT2D eigenvalue weighted by atomic mass is 79.9. The Morgan fingerprint density at radius 3 is 2.27 bits per heavy atom. The minimum Gasteiger partial charge on any atom is -0.490 e. The fraction of sp³-hybridized carbons (Fsp3) is 0.182. The summed E-state index contributed by atoms with van der Waals surface area (Å²) in [5, 5.41) is 1.58. The van der Waals surface area contributed by atoms with E-state index in [0.29, 0.717) is 51.5 Å². The van der Waals surface area contributed by atoms with E-state index in [4.69, 9.17) is 9.47 Å². The Hall–Kier alpha value is -4.43. The van der Waals surface area contributed by atoms with Gasteiger partial charge in [-0.05, 0) is 83.6 Å². The second kappa shape index (κ2) is 12.0. The van der Waals surface area contributed by atoms with Gasteiger partial charge in [0.25, 0.3) is 11.8 Å². The van der Waals surface area contributed by atoms with Gasteiger partial charge in [-0.1, -0.05) is 61.0 Å². The van der Waals surface area contributed by atoms with Gasteiger partial charge >= 0.3 is 6.03 Å². The number of barbiturate groups is 1. The van der Waals surface area contributed by atoms with Crippen LogP contribution in [0.5, 0.6) is 11.5 Å². The lowest BCUT2D eigenvalue weighted by atomic mass is 10.0. The Labute approximate surface area is 247 Å². The summed E-state index contributed by atoms with van der Waals surface area (Å²) in [6, 6.07) is 22.7. The molecule has 0 radical (unpaired) electrons. The molecule has 0 saturated carbocycles. The molecule has 1 fully saturated rings. The van der Waals surface area contributed by atoms with Crippen LogP contribution in [0.1, 0.15) is 31.4 Å². The number of anilines is 2. The van der Waals surface area contributed by atoms with Gasteiger partial charge in [0.05, 0.1) is 29.1 Å². The zero-order valence-electron chi connectivity index (χ0n) is 23.0. The third-order valence-electron chi connectivity index (χ3n) is 6.64. The predicted octanol–water partition coefficient (Wildman–Crippen LogP) is 7.68. The van der Waals surface area contributed by atoms with Crippen LogP contribution in [0.3, 0.4) is 0 Å². The largest absolute Gasteiger partial charge is 0.490 e. The van der Waals surface area contributed by atoms with E-state index in [0.717, 1.165) is 27.2 Å². The van der Waals surface area contributed by atoms with E-state index in [1.807, 2.05) is 63.2 Å². The molecule has 7 nitrogen and oxygen atoms in total. The SMILES string of the molecule is CCCOc1c(Br)cc(/C=C2\C(=O)N(c3ccc(C)cc3)C(=O)N(c3cccc4ccccc34)C2=O)cc1OCC. The van der Waals surface area contributed by atoms with Gasteiger partial charge < -0.3 is 9.47 Å². The number of imide groups is 2. The number of carbonyl (C=O) groups excluding carboxylic acids is 3. The molecule has 8 heteroatoms. The molecule has 0 spiro atoms. The molecule has 0 aromatic heterocycles. The highest BCUT2D eigenvalue weighted by molar-refractivity contribution is 9.10. The summed E-state index contributed by atoms with van der Waals surface area (Å²) in [4.78, 5) is 44.0. The zero-order valence-corrected chi connectivity index (χ0v) is 24.6. The average molecular weight is 614 g/mol. The number of fused-ring (bicyclic) bond motifs is 1. The number of ether oxygens (including phenoxy) is 2. The minimum atomic E-state index is -0.739. The molecule has 208 valence electrons. The minimum absolute atomic E-state index is 0.158. The van der Waals surface area contributed by atoms with E-state index in [2.05, 4.69) is 15.9 Å². The van der Waals surface area contributed by atoms with Gasteiger partial charge in [0.1, 0.15) is 5.57 Å². The first-order valence-corrected chi connectivity index (χ1v) is 14.2. The van der Waals surface area contributed by atoms with Crippen molar-refractivity contribution in [1.82, 2.24) is 0 Å². The standard InChI is InChI=1S/C33H29BrN2O5/c1-4-17-41-30-27(34)19-22(20-29(30)40-5-2)18-26-31(37)35(24-15-13-21(3)14-16-24)33(39)36(32(26)38)28-12-8-10-23-9-6-7-11-25(23)28/h6-16,18-20H,4-5,17H2,1-3H3/b26-18+. The average Bonchev–Trinajstić information content (AvgIpc) is 2.96. The molecule has 1 aliphatic heterocycles. The van der Waals surface area contributed by atoms with E-state index < -0.39 is 17.8 Å². The van der Waals surface area contributed by atoms with Crippen LogP contribution in [0.25, 0.3) is 16.8 Å². The maximum atomic E-state index is 14.1. The molecule has 4 aromatic carbocycles. The van der Waals surface area contributed by atoms with Gasteiger partial charge in [-0.15, -0.1) is 0 Å². The van der Waals surface area contributed by atoms with E-state index in [1.54, 1.807) is 36.4 Å². The quantitative estimate of drug-likeness (QED) is 0.151. The third kappa shape index (κ3) is 5.47. The van der Waals surface area contributed by atoms with Crippen molar-refractivity contribution in [2.45, 2.75) is 27.2 Å². The smallest absolute Gasteiger partial charge is 0.343 e. The van der Waals surface area contributed by atoms with E-state index >= 15 is 0 Å². The molecular weight excluding hydrogens is 584 g/mol. The van der Waals surface area contributed by atoms with E-state index in [-0.39, 0.29) is 5.57 Å². The van der Waals surface area contributed by atoms with Gasteiger partial charge in [-0.2, -0.15) is 0 Å². The maximum absolute atomic E-state index is 14.1. The number of nitrogens with zero attached hydrogens (tertiary/aromatic N) is 2. The summed E-state index contributed by atoms with van der Waals surface area (Å²) >= 11 is 3.55. The van der Waals surface area contributed by atoms with Crippen LogP contribution in [0.15, 0.2) is 88.9 Å². The second-order valence-corrected chi connectivity index (χ2v) is 10.4. The first kappa shape index (κ1) is 28.1. The van der Waals surface area contributed by atoms with Crippen molar-refractivity contribution in [1.29, 1.82) is 0 Å². The van der Waals surface area contributed by atoms with Crippen molar-refractivity contribution in [3.8, 4) is 11.5 Å². The number of benzene rings is 4. The second-order valence-electron chi connectivity index (χ2n) is 9.57. The van der Waals surface area contributed by atoms with Crippen molar-refractivity contribution >= 4 is 62.0 Å². The molecule has 4 amide bonds. The molecule has 0 aliphatic carbocycles. The Balaban J connectivity index is 1.68. The van der Waals surface area contributed by atoms with Gasteiger partial charge in [0.15, 0.2) is 11.5 Å². The molecule has 4 aromatic rings. The fourth-order valence-electron chi connectivity index (χ4n) is 4.71. The third-order valence-corrected chi connectivity index (χ3v) is 7.23. The Morgan fingerprint density at radius 1 is 0.829 bits per heavy atom. The lowest BCUT2D eigenvalue weighted by Gasteiger charge is -2.34. The summed E-state index contributed by atoms with van der Waals surface area (Å²) in [6.07, 6.45) is 2.31. The summed E-state index contributed by atoms with van der Waals surface area (Å²) in [6.45, 7) is 6.70. The summed E-state index contributed by atoms with van der Waals surface area (Å²) in [7, 11) is 0. The normalized spacial score (nSPS) is 14.7. The number of urea groups is 1. The van der Waals surface area contributed by atoms with Crippen LogP contribution in [0.2, 0.25) is 0 Å². The topological polar surface area (TPSA) is 76.2 Å². The van der Waals surface area contributed by atoms with Crippen molar-refractivity contribution in [2.24, 2.45) is 0 Å². The Kier molecular flexibility index (Phi) is 8.21. The number of hydrogen-bond acceptors (Lipinski definition) is 5. The molecule has 1 saturated heterocycles. The van der Waals surface area contributed by atoms with Crippen LogP contribution < -0.4 is 19.3 Å². The van der Waals surface area contributed by atoms with E-state index in [9.17, 15) is 14.4 Å². The highest BCUT2D eigenvalue weighted by Crippen LogP contribution is 2.39. The fourth-order valence-corrected chi connectivity index (χ4v) is 5.29.